The molecule has 3 fully saturated rings. The van der Waals surface area contributed by atoms with Crippen LogP contribution in [0.5, 0.6) is 5.75 Å². The number of fused-ring (bicyclic) bond motifs is 4. The second kappa shape index (κ2) is 8.56. The van der Waals surface area contributed by atoms with Crippen molar-refractivity contribution in [3.8, 4) is 5.75 Å². The number of carbonyl (C=O) groups is 2. The highest BCUT2D eigenvalue weighted by Gasteiger charge is 2.55. The van der Waals surface area contributed by atoms with Gasteiger partial charge >= 0.3 is 0 Å². The van der Waals surface area contributed by atoms with Gasteiger partial charge in [-0.1, -0.05) is 17.7 Å². The molecular formula is C24H24ClFN4O4. The third-order valence-corrected chi connectivity index (χ3v) is 7.26. The Hall–Kier alpha value is -3.17. The Morgan fingerprint density at radius 2 is 1.97 bits per heavy atom. The summed E-state index contributed by atoms with van der Waals surface area (Å²) < 4.78 is 20.6. The van der Waals surface area contributed by atoms with Gasteiger partial charge in [-0.05, 0) is 62.4 Å². The summed E-state index contributed by atoms with van der Waals surface area (Å²) in [5.41, 5.74) is -0.179. The zero-order chi connectivity index (χ0) is 23.9. The molecule has 178 valence electrons. The average molecular weight is 487 g/mol. The molecule has 8 nitrogen and oxygen atoms in total. The van der Waals surface area contributed by atoms with Crippen LogP contribution in [0.1, 0.15) is 42.6 Å². The van der Waals surface area contributed by atoms with Crippen molar-refractivity contribution in [2.45, 2.75) is 49.3 Å². The van der Waals surface area contributed by atoms with E-state index in [0.29, 0.717) is 37.8 Å². The van der Waals surface area contributed by atoms with Crippen LogP contribution < -0.4 is 15.4 Å². The molecule has 1 aromatic carbocycles. The third kappa shape index (κ3) is 4.21. The van der Waals surface area contributed by atoms with Gasteiger partial charge in [-0.15, -0.1) is 0 Å². The fourth-order valence-corrected chi connectivity index (χ4v) is 5.16. The van der Waals surface area contributed by atoms with Crippen molar-refractivity contribution in [3.63, 3.8) is 0 Å². The Kier molecular flexibility index (Phi) is 5.69. The second-order valence-electron chi connectivity index (χ2n) is 9.12. The maximum absolute atomic E-state index is 13.6. The van der Waals surface area contributed by atoms with Gasteiger partial charge in [0, 0.05) is 17.8 Å². The van der Waals surface area contributed by atoms with E-state index in [1.807, 2.05) is 18.2 Å². The predicted molar refractivity (Wildman–Crippen MR) is 122 cm³/mol. The van der Waals surface area contributed by atoms with Crippen molar-refractivity contribution < 1.29 is 23.8 Å². The van der Waals surface area contributed by atoms with E-state index in [2.05, 4.69) is 15.7 Å². The van der Waals surface area contributed by atoms with E-state index in [9.17, 15) is 19.1 Å². The Balaban J connectivity index is 1.20. The molecule has 3 saturated carbocycles. The van der Waals surface area contributed by atoms with Crippen LogP contribution in [0.3, 0.4) is 0 Å². The lowest BCUT2D eigenvalue weighted by molar-refractivity contribution is -0.132. The lowest BCUT2D eigenvalue weighted by Gasteiger charge is -2.56. The molecule has 2 aromatic heterocycles. The topological polar surface area (TPSA) is 105 Å². The van der Waals surface area contributed by atoms with Gasteiger partial charge in [0.2, 0.25) is 0 Å². The van der Waals surface area contributed by atoms with Crippen molar-refractivity contribution in [2.75, 3.05) is 6.61 Å². The molecule has 3 aliphatic rings. The van der Waals surface area contributed by atoms with Crippen molar-refractivity contribution in [3.05, 3.63) is 65.2 Å². The summed E-state index contributed by atoms with van der Waals surface area (Å²) in [5, 5.41) is 21.2. The molecule has 3 aliphatic carbocycles. The van der Waals surface area contributed by atoms with Crippen LogP contribution in [-0.4, -0.2) is 50.3 Å². The molecule has 2 bridgehead atoms. The molecule has 0 radical (unpaired) electrons. The van der Waals surface area contributed by atoms with Crippen molar-refractivity contribution >= 4 is 28.9 Å². The van der Waals surface area contributed by atoms with Crippen LogP contribution in [0.15, 0.2) is 48.7 Å². The molecular weight excluding hydrogens is 463 g/mol. The molecule has 10 heteroatoms. The highest BCUT2D eigenvalue weighted by atomic mass is 35.5. The Bertz CT molecular complexity index is 1220. The number of carbonyl (C=O) groups excluding carboxylic acids is 2. The maximum Gasteiger partial charge on any atom is 0.272 e. The van der Waals surface area contributed by atoms with E-state index in [1.165, 1.54) is 12.1 Å². The smallest absolute Gasteiger partial charge is 0.272 e. The average Bonchev–Trinajstić information content (AvgIpc) is 3.26. The molecule has 3 N–H and O–H groups in total. The summed E-state index contributed by atoms with van der Waals surface area (Å²) in [6.45, 7) is -0.314. The number of nitrogens with one attached hydrogen (secondary N) is 2. The summed E-state index contributed by atoms with van der Waals surface area (Å²) in [6, 6.07) is 11.3. The van der Waals surface area contributed by atoms with E-state index in [4.69, 9.17) is 16.3 Å². The van der Waals surface area contributed by atoms with Crippen LogP contribution in [0.4, 0.5) is 4.39 Å². The number of hydrogen-bond acceptors (Lipinski definition) is 5. The zero-order valence-corrected chi connectivity index (χ0v) is 19.0. The van der Waals surface area contributed by atoms with Crippen molar-refractivity contribution in [1.82, 2.24) is 20.2 Å². The van der Waals surface area contributed by atoms with Crippen LogP contribution in [0, 0.1) is 5.82 Å². The minimum Gasteiger partial charge on any atom is -0.484 e. The van der Waals surface area contributed by atoms with Gasteiger partial charge in [-0.2, -0.15) is 5.10 Å². The van der Waals surface area contributed by atoms with E-state index in [0.717, 1.165) is 11.6 Å². The Morgan fingerprint density at radius 3 is 2.68 bits per heavy atom. The summed E-state index contributed by atoms with van der Waals surface area (Å²) in [6.07, 6.45) is 3.55. The number of pyridine rings is 1. The van der Waals surface area contributed by atoms with E-state index in [1.54, 1.807) is 16.8 Å². The van der Waals surface area contributed by atoms with Gasteiger partial charge in [-0.3, -0.25) is 9.59 Å². The predicted octanol–water partition coefficient (Wildman–Crippen LogP) is 2.87. The number of ether oxygens (including phenoxy) is 1. The van der Waals surface area contributed by atoms with Gasteiger partial charge in [0.1, 0.15) is 11.6 Å². The number of aromatic nitrogens is 2. The van der Waals surface area contributed by atoms with E-state index < -0.39 is 28.9 Å². The molecule has 2 amide bonds. The molecule has 6 rings (SSSR count). The van der Waals surface area contributed by atoms with Gasteiger partial charge < -0.3 is 20.5 Å². The standard InChI is InChI=1S/C24H24ClFN4O4/c25-17-5-4-16(12-18(17)26)34-14-21(32)27-24-8-6-23(7-9-24,13-20(24)31)28-22(33)19-11-15-3-1-2-10-30(15)29-19/h1-5,10-12,20,31H,6-9,13-14H2,(H,27,32)(H,28,33). The zero-order valence-electron chi connectivity index (χ0n) is 18.3. The molecule has 1 unspecified atom stereocenters. The molecule has 3 aromatic rings. The highest BCUT2D eigenvalue weighted by molar-refractivity contribution is 6.30. The van der Waals surface area contributed by atoms with Crippen molar-refractivity contribution in [1.29, 1.82) is 0 Å². The summed E-state index contributed by atoms with van der Waals surface area (Å²) in [7, 11) is 0. The normalized spacial score (nSPS) is 25.8. The van der Waals surface area contributed by atoms with Crippen LogP contribution in [-0.2, 0) is 4.79 Å². The van der Waals surface area contributed by atoms with Crippen molar-refractivity contribution in [2.24, 2.45) is 0 Å². The summed E-state index contributed by atoms with van der Waals surface area (Å²) >= 11 is 5.66. The summed E-state index contributed by atoms with van der Waals surface area (Å²) in [4.78, 5) is 25.4. The number of halogens is 2. The van der Waals surface area contributed by atoms with Crippen LogP contribution in [0.2, 0.25) is 5.02 Å². The lowest BCUT2D eigenvalue weighted by atomic mass is 9.60. The van der Waals surface area contributed by atoms with Gasteiger partial charge in [-0.25, -0.2) is 8.91 Å². The number of rotatable bonds is 6. The number of hydrogen-bond donors (Lipinski definition) is 3. The largest absolute Gasteiger partial charge is 0.484 e. The number of aliphatic hydroxyl groups is 1. The first-order valence-electron chi connectivity index (χ1n) is 11.1. The Labute approximate surface area is 200 Å². The second-order valence-corrected chi connectivity index (χ2v) is 9.53. The number of benzene rings is 1. The molecule has 0 aliphatic heterocycles. The van der Waals surface area contributed by atoms with E-state index in [-0.39, 0.29) is 23.3 Å². The van der Waals surface area contributed by atoms with Gasteiger partial charge in [0.25, 0.3) is 11.8 Å². The Morgan fingerprint density at radius 1 is 1.18 bits per heavy atom. The molecule has 0 spiro atoms. The third-order valence-electron chi connectivity index (χ3n) is 6.95. The first kappa shape index (κ1) is 22.6. The number of aliphatic hydroxyl groups excluding tert-OH is 1. The first-order valence-corrected chi connectivity index (χ1v) is 11.5. The van der Waals surface area contributed by atoms with Crippen LogP contribution in [0.25, 0.3) is 5.52 Å². The minimum atomic E-state index is -0.826. The quantitative estimate of drug-likeness (QED) is 0.497. The molecule has 34 heavy (non-hydrogen) atoms. The summed E-state index contributed by atoms with van der Waals surface area (Å²) in [5.74, 6) is -1.12. The number of amides is 2. The van der Waals surface area contributed by atoms with Crippen LogP contribution >= 0.6 is 11.6 Å². The fraction of sp³-hybridized carbons (Fsp3) is 0.375. The molecule has 0 saturated heterocycles. The highest BCUT2D eigenvalue weighted by Crippen LogP contribution is 2.47. The monoisotopic (exact) mass is 486 g/mol. The first-order chi connectivity index (χ1) is 16.3. The van der Waals surface area contributed by atoms with Gasteiger partial charge in [0.15, 0.2) is 12.3 Å². The number of nitrogens with zero attached hydrogens (tertiary/aromatic N) is 2. The fourth-order valence-electron chi connectivity index (χ4n) is 5.05. The maximum atomic E-state index is 13.6. The minimum absolute atomic E-state index is 0.0278. The molecule has 1 atom stereocenters. The van der Waals surface area contributed by atoms with E-state index >= 15 is 0 Å². The molecule has 2 heterocycles. The lowest BCUT2D eigenvalue weighted by Crippen LogP contribution is -2.70. The van der Waals surface area contributed by atoms with Gasteiger partial charge in [0.05, 0.1) is 22.2 Å². The SMILES string of the molecule is O=C(COc1ccc(Cl)c(F)c1)NC12CCC(NC(=O)c3cc4ccccn4n3)(CC1)CC2O.